The molecule has 3 amide bonds. The molecule has 1 aliphatic rings. The van der Waals surface area contributed by atoms with E-state index in [1.54, 1.807) is 0 Å². The van der Waals surface area contributed by atoms with Crippen molar-refractivity contribution in [1.29, 1.82) is 0 Å². The van der Waals surface area contributed by atoms with Crippen LogP contribution in [0.3, 0.4) is 0 Å². The number of nitrogens with one attached hydrogen (secondary N) is 2. The van der Waals surface area contributed by atoms with E-state index < -0.39 is 0 Å². The van der Waals surface area contributed by atoms with Gasteiger partial charge in [-0.2, -0.15) is 0 Å². The van der Waals surface area contributed by atoms with Gasteiger partial charge in [-0.15, -0.1) is 0 Å². The van der Waals surface area contributed by atoms with Gasteiger partial charge in [0.25, 0.3) is 5.91 Å². The molecule has 0 radical (unpaired) electrons. The lowest BCUT2D eigenvalue weighted by Gasteiger charge is -2.20. The molecular weight excluding hydrogens is 192 g/mol. The van der Waals surface area contributed by atoms with Crippen molar-refractivity contribution >= 4 is 11.9 Å². The number of amides is 3. The van der Waals surface area contributed by atoms with Crippen LogP contribution in [0.1, 0.15) is 46.0 Å². The van der Waals surface area contributed by atoms with Crippen molar-refractivity contribution in [2.45, 2.75) is 52.0 Å². The Labute approximate surface area is 90.8 Å². The van der Waals surface area contributed by atoms with Gasteiger partial charge < -0.3 is 5.32 Å². The highest BCUT2D eigenvalue weighted by molar-refractivity contribution is 6.04. The molecule has 0 aliphatic carbocycles. The molecule has 4 nitrogen and oxygen atoms in total. The summed E-state index contributed by atoms with van der Waals surface area (Å²) in [5, 5.41) is 4.99. The van der Waals surface area contributed by atoms with Crippen LogP contribution in [0.2, 0.25) is 0 Å². The zero-order valence-electron chi connectivity index (χ0n) is 9.51. The van der Waals surface area contributed by atoms with Gasteiger partial charge in [0.1, 0.15) is 6.04 Å². The number of unbranched alkanes of at least 4 members (excludes halogenated alkanes) is 1. The first-order valence-corrected chi connectivity index (χ1v) is 5.80. The third-order valence-corrected chi connectivity index (χ3v) is 2.87. The van der Waals surface area contributed by atoms with Crippen LogP contribution in [0.25, 0.3) is 0 Å². The Morgan fingerprint density at radius 2 is 1.93 bits per heavy atom. The summed E-state index contributed by atoms with van der Waals surface area (Å²) in [6.07, 6.45) is 5.31. The largest absolute Gasteiger partial charge is 0.326 e. The smallest absolute Gasteiger partial charge is 0.322 e. The van der Waals surface area contributed by atoms with E-state index in [1.165, 1.54) is 0 Å². The summed E-state index contributed by atoms with van der Waals surface area (Å²) in [7, 11) is 0. The summed E-state index contributed by atoms with van der Waals surface area (Å²) in [6.45, 7) is 4.24. The van der Waals surface area contributed by atoms with E-state index in [0.717, 1.165) is 32.1 Å². The van der Waals surface area contributed by atoms with Gasteiger partial charge >= 0.3 is 6.03 Å². The lowest BCUT2D eigenvalue weighted by atomic mass is 9.90. The van der Waals surface area contributed by atoms with Gasteiger partial charge in [-0.05, 0) is 18.8 Å². The third-order valence-electron chi connectivity index (χ3n) is 2.87. The van der Waals surface area contributed by atoms with Crippen molar-refractivity contribution in [3.05, 3.63) is 0 Å². The average molecular weight is 212 g/mol. The van der Waals surface area contributed by atoms with Gasteiger partial charge in [-0.3, -0.25) is 10.1 Å². The molecule has 1 rings (SSSR count). The fourth-order valence-electron chi connectivity index (χ4n) is 2.08. The third kappa shape index (κ3) is 3.22. The molecule has 0 aromatic carbocycles. The number of carbonyl (C=O) groups is 2. The Hall–Kier alpha value is -1.06. The van der Waals surface area contributed by atoms with E-state index in [9.17, 15) is 9.59 Å². The number of hydrogen-bond acceptors (Lipinski definition) is 2. The first-order valence-electron chi connectivity index (χ1n) is 5.80. The van der Waals surface area contributed by atoms with E-state index in [4.69, 9.17) is 0 Å². The van der Waals surface area contributed by atoms with Crippen molar-refractivity contribution in [3.63, 3.8) is 0 Å². The summed E-state index contributed by atoms with van der Waals surface area (Å²) in [4.78, 5) is 22.5. The lowest BCUT2D eigenvalue weighted by Crippen LogP contribution is -2.36. The Kier molecular flexibility index (Phi) is 4.59. The van der Waals surface area contributed by atoms with Crippen LogP contribution in [0, 0.1) is 5.92 Å². The molecule has 0 bridgehead atoms. The van der Waals surface area contributed by atoms with Gasteiger partial charge in [0.05, 0.1) is 0 Å². The van der Waals surface area contributed by atoms with E-state index in [0.29, 0.717) is 5.92 Å². The molecule has 4 heteroatoms. The maximum absolute atomic E-state index is 11.5. The Morgan fingerprint density at radius 1 is 1.20 bits per heavy atom. The van der Waals surface area contributed by atoms with Crippen molar-refractivity contribution < 1.29 is 9.59 Å². The maximum atomic E-state index is 11.5. The van der Waals surface area contributed by atoms with Gasteiger partial charge in [-0.25, -0.2) is 4.79 Å². The quantitative estimate of drug-likeness (QED) is 0.660. The molecule has 1 heterocycles. The van der Waals surface area contributed by atoms with Crippen molar-refractivity contribution in [2.24, 2.45) is 5.92 Å². The van der Waals surface area contributed by atoms with Crippen molar-refractivity contribution in [1.82, 2.24) is 10.6 Å². The first kappa shape index (κ1) is 12.0. The Balaban J connectivity index is 2.54. The Bertz CT molecular complexity index is 241. The lowest BCUT2D eigenvalue weighted by molar-refractivity contribution is -0.121. The molecule has 1 fully saturated rings. The fraction of sp³-hybridized carbons (Fsp3) is 0.818. The van der Waals surface area contributed by atoms with Gasteiger partial charge in [-0.1, -0.05) is 33.1 Å². The summed E-state index contributed by atoms with van der Waals surface area (Å²) in [5.41, 5.74) is 0. The molecule has 0 aromatic rings. The van der Waals surface area contributed by atoms with Gasteiger partial charge in [0.15, 0.2) is 0 Å². The zero-order chi connectivity index (χ0) is 11.3. The van der Waals surface area contributed by atoms with E-state index >= 15 is 0 Å². The molecule has 1 saturated heterocycles. The van der Waals surface area contributed by atoms with Gasteiger partial charge in [0, 0.05) is 0 Å². The molecule has 2 atom stereocenters. The Morgan fingerprint density at radius 3 is 2.40 bits per heavy atom. The van der Waals surface area contributed by atoms with Crippen molar-refractivity contribution in [2.75, 3.05) is 0 Å². The van der Waals surface area contributed by atoms with Crippen LogP contribution in [0.5, 0.6) is 0 Å². The van der Waals surface area contributed by atoms with Gasteiger partial charge in [0.2, 0.25) is 0 Å². The monoisotopic (exact) mass is 212 g/mol. The molecular formula is C11H20N2O2. The molecule has 15 heavy (non-hydrogen) atoms. The number of imide groups is 1. The highest BCUT2D eigenvalue weighted by Crippen LogP contribution is 2.20. The highest BCUT2D eigenvalue weighted by atomic mass is 16.2. The van der Waals surface area contributed by atoms with Crippen LogP contribution < -0.4 is 10.6 Å². The van der Waals surface area contributed by atoms with Crippen LogP contribution in [0.4, 0.5) is 4.79 Å². The minimum absolute atomic E-state index is 0.158. The standard InChI is InChI=1S/C11H20N2O2/c1-3-5-7-8(6-4-2)9-10(14)13-11(15)12-9/h8-9H,3-7H2,1-2H3,(H2,12,13,14,15). The van der Waals surface area contributed by atoms with E-state index in [1.807, 2.05) is 0 Å². The fourth-order valence-corrected chi connectivity index (χ4v) is 2.08. The molecule has 2 N–H and O–H groups in total. The number of urea groups is 1. The molecule has 0 saturated carbocycles. The molecule has 1 aliphatic heterocycles. The summed E-state index contributed by atoms with van der Waals surface area (Å²) in [6, 6.07) is -0.647. The zero-order valence-corrected chi connectivity index (χ0v) is 9.51. The second kappa shape index (κ2) is 5.73. The predicted molar refractivity (Wildman–Crippen MR) is 58.4 cm³/mol. The predicted octanol–water partition coefficient (Wildman–Crippen LogP) is 1.80. The minimum Gasteiger partial charge on any atom is -0.326 e. The SMILES string of the molecule is CCCCC(CCC)C1NC(=O)NC1=O. The highest BCUT2D eigenvalue weighted by Gasteiger charge is 2.34. The molecule has 2 unspecified atom stereocenters. The summed E-state index contributed by atoms with van der Waals surface area (Å²) in [5.74, 6) is 0.135. The average Bonchev–Trinajstić information content (AvgIpc) is 2.52. The van der Waals surface area contributed by atoms with Crippen LogP contribution >= 0.6 is 0 Å². The summed E-state index contributed by atoms with van der Waals surface area (Å²) >= 11 is 0. The van der Waals surface area contributed by atoms with Crippen LogP contribution in [-0.2, 0) is 4.79 Å². The normalized spacial score (nSPS) is 22.4. The number of carbonyl (C=O) groups excluding carboxylic acids is 2. The second-order valence-electron chi connectivity index (χ2n) is 4.13. The summed E-state index contributed by atoms with van der Waals surface area (Å²) < 4.78 is 0. The van der Waals surface area contributed by atoms with Crippen LogP contribution in [0.15, 0.2) is 0 Å². The van der Waals surface area contributed by atoms with Crippen LogP contribution in [-0.4, -0.2) is 18.0 Å². The van der Waals surface area contributed by atoms with Crippen molar-refractivity contribution in [3.8, 4) is 0 Å². The second-order valence-corrected chi connectivity index (χ2v) is 4.13. The van der Waals surface area contributed by atoms with E-state index in [2.05, 4.69) is 24.5 Å². The molecule has 86 valence electrons. The maximum Gasteiger partial charge on any atom is 0.322 e. The molecule has 0 aromatic heterocycles. The topological polar surface area (TPSA) is 58.2 Å². The number of rotatable bonds is 6. The number of hydrogen-bond donors (Lipinski definition) is 2. The molecule has 0 spiro atoms. The van der Waals surface area contributed by atoms with E-state index in [-0.39, 0.29) is 18.0 Å². The minimum atomic E-state index is -0.345. The first-order chi connectivity index (χ1) is 7.19.